The molecule has 2 aromatic carbocycles. The van der Waals surface area contributed by atoms with E-state index < -0.39 is 41.6 Å². The number of halogens is 2. The van der Waals surface area contributed by atoms with Crippen LogP contribution in [0.25, 0.3) is 0 Å². The highest BCUT2D eigenvalue weighted by molar-refractivity contribution is 6.09. The SMILES string of the molecule is Cc1ccccc1CN(C)C(=O)CN1C(=O)N[C@](C)(c2cc(F)ccc2F)C1=O. The Balaban J connectivity index is 1.77. The van der Waals surface area contributed by atoms with Crippen molar-refractivity contribution in [1.82, 2.24) is 15.1 Å². The zero-order chi connectivity index (χ0) is 21.3. The summed E-state index contributed by atoms with van der Waals surface area (Å²) in [6, 6.07) is 9.39. The minimum absolute atomic E-state index is 0.293. The van der Waals surface area contributed by atoms with Gasteiger partial charge in [0.1, 0.15) is 23.7 Å². The molecule has 8 heteroatoms. The Morgan fingerprint density at radius 2 is 1.86 bits per heavy atom. The minimum atomic E-state index is -1.79. The van der Waals surface area contributed by atoms with Crippen LogP contribution in [0.5, 0.6) is 0 Å². The summed E-state index contributed by atoms with van der Waals surface area (Å²) in [5.74, 6) is -2.84. The summed E-state index contributed by atoms with van der Waals surface area (Å²) >= 11 is 0. The van der Waals surface area contributed by atoms with E-state index in [9.17, 15) is 23.2 Å². The predicted molar refractivity (Wildman–Crippen MR) is 102 cm³/mol. The minimum Gasteiger partial charge on any atom is -0.340 e. The van der Waals surface area contributed by atoms with Crippen molar-refractivity contribution in [3.63, 3.8) is 0 Å². The van der Waals surface area contributed by atoms with Crippen molar-refractivity contribution >= 4 is 17.8 Å². The van der Waals surface area contributed by atoms with Crippen LogP contribution in [-0.4, -0.2) is 41.2 Å². The molecule has 0 radical (unpaired) electrons. The number of benzene rings is 2. The van der Waals surface area contributed by atoms with Crippen molar-refractivity contribution in [2.75, 3.05) is 13.6 Å². The zero-order valence-electron chi connectivity index (χ0n) is 16.3. The fourth-order valence-corrected chi connectivity index (χ4v) is 3.29. The maximum atomic E-state index is 14.2. The van der Waals surface area contributed by atoms with Crippen molar-refractivity contribution in [2.45, 2.75) is 25.9 Å². The number of aryl methyl sites for hydroxylation is 1. The first-order chi connectivity index (χ1) is 13.6. The maximum Gasteiger partial charge on any atom is 0.325 e. The van der Waals surface area contributed by atoms with Crippen LogP contribution in [0.4, 0.5) is 13.6 Å². The van der Waals surface area contributed by atoms with Crippen LogP contribution in [0.2, 0.25) is 0 Å². The van der Waals surface area contributed by atoms with Gasteiger partial charge >= 0.3 is 6.03 Å². The first-order valence-electron chi connectivity index (χ1n) is 9.01. The molecule has 1 fully saturated rings. The number of nitrogens with one attached hydrogen (secondary N) is 1. The lowest BCUT2D eigenvalue weighted by atomic mass is 9.91. The van der Waals surface area contributed by atoms with Gasteiger partial charge in [-0.2, -0.15) is 0 Å². The molecule has 0 aliphatic carbocycles. The van der Waals surface area contributed by atoms with Crippen molar-refractivity contribution in [2.24, 2.45) is 0 Å². The molecular weight excluding hydrogens is 380 g/mol. The van der Waals surface area contributed by atoms with Crippen molar-refractivity contribution < 1.29 is 23.2 Å². The number of likely N-dealkylation sites (N-methyl/N-ethyl adjacent to an activating group) is 1. The number of hydrogen-bond donors (Lipinski definition) is 1. The highest BCUT2D eigenvalue weighted by Gasteiger charge is 2.51. The molecule has 1 aliphatic heterocycles. The van der Waals surface area contributed by atoms with Gasteiger partial charge in [-0.25, -0.2) is 13.6 Å². The molecule has 3 rings (SSSR count). The van der Waals surface area contributed by atoms with Gasteiger partial charge in [0.05, 0.1) is 0 Å². The molecule has 0 spiro atoms. The lowest BCUT2D eigenvalue weighted by Gasteiger charge is -2.24. The Labute approximate surface area is 167 Å². The second-order valence-electron chi connectivity index (χ2n) is 7.25. The van der Waals surface area contributed by atoms with E-state index >= 15 is 0 Å². The maximum absolute atomic E-state index is 14.2. The smallest absolute Gasteiger partial charge is 0.325 e. The number of hydrogen-bond acceptors (Lipinski definition) is 3. The van der Waals surface area contributed by atoms with Crippen LogP contribution in [0.15, 0.2) is 42.5 Å². The molecule has 0 unspecified atom stereocenters. The Hall–Kier alpha value is -3.29. The molecule has 1 heterocycles. The van der Waals surface area contributed by atoms with Crippen LogP contribution < -0.4 is 5.32 Å². The van der Waals surface area contributed by atoms with E-state index in [1.807, 2.05) is 31.2 Å². The molecular formula is C21H21F2N3O3. The molecule has 0 aromatic heterocycles. The number of amides is 4. The van der Waals surface area contributed by atoms with Gasteiger partial charge in [0.2, 0.25) is 5.91 Å². The van der Waals surface area contributed by atoms with Crippen LogP contribution in [-0.2, 0) is 21.7 Å². The van der Waals surface area contributed by atoms with E-state index in [1.165, 1.54) is 11.8 Å². The lowest BCUT2D eigenvalue weighted by Crippen LogP contribution is -2.44. The molecule has 1 N–H and O–H groups in total. The van der Waals surface area contributed by atoms with Gasteiger partial charge in [-0.15, -0.1) is 0 Å². The summed E-state index contributed by atoms with van der Waals surface area (Å²) in [6.07, 6.45) is 0. The van der Waals surface area contributed by atoms with Crippen LogP contribution in [0, 0.1) is 18.6 Å². The average Bonchev–Trinajstić information content (AvgIpc) is 2.89. The molecule has 0 bridgehead atoms. The van der Waals surface area contributed by atoms with E-state index in [-0.39, 0.29) is 5.56 Å². The Morgan fingerprint density at radius 1 is 1.17 bits per heavy atom. The number of carbonyl (C=O) groups excluding carboxylic acids is 3. The van der Waals surface area contributed by atoms with Crippen molar-refractivity contribution in [1.29, 1.82) is 0 Å². The summed E-state index contributed by atoms with van der Waals surface area (Å²) in [6.45, 7) is 3.02. The Morgan fingerprint density at radius 3 is 2.55 bits per heavy atom. The van der Waals surface area contributed by atoms with Gasteiger partial charge < -0.3 is 10.2 Å². The molecule has 1 saturated heterocycles. The van der Waals surface area contributed by atoms with Gasteiger partial charge in [-0.05, 0) is 43.2 Å². The predicted octanol–water partition coefficient (Wildman–Crippen LogP) is 2.70. The highest BCUT2D eigenvalue weighted by atomic mass is 19.1. The second-order valence-corrected chi connectivity index (χ2v) is 7.25. The molecule has 2 aromatic rings. The fraction of sp³-hybridized carbons (Fsp3) is 0.286. The number of carbonyl (C=O) groups is 3. The van der Waals surface area contributed by atoms with Gasteiger partial charge in [-0.3, -0.25) is 14.5 Å². The third kappa shape index (κ3) is 3.83. The first-order valence-corrected chi connectivity index (χ1v) is 9.01. The zero-order valence-corrected chi connectivity index (χ0v) is 16.3. The Kier molecular flexibility index (Phi) is 5.37. The van der Waals surface area contributed by atoms with E-state index in [0.717, 1.165) is 34.2 Å². The average molecular weight is 401 g/mol. The topological polar surface area (TPSA) is 69.7 Å². The molecule has 1 aliphatic rings. The van der Waals surface area contributed by atoms with E-state index in [4.69, 9.17) is 0 Å². The summed E-state index contributed by atoms with van der Waals surface area (Å²) < 4.78 is 27.8. The van der Waals surface area contributed by atoms with E-state index in [2.05, 4.69) is 5.32 Å². The van der Waals surface area contributed by atoms with E-state index in [0.29, 0.717) is 6.54 Å². The molecule has 1 atom stereocenters. The summed E-state index contributed by atoms with van der Waals surface area (Å²) in [5, 5.41) is 2.38. The molecule has 6 nitrogen and oxygen atoms in total. The Bertz CT molecular complexity index is 995. The number of urea groups is 1. The third-order valence-electron chi connectivity index (χ3n) is 5.13. The van der Waals surface area contributed by atoms with Gasteiger partial charge in [-0.1, -0.05) is 24.3 Å². The van der Waals surface area contributed by atoms with Gasteiger partial charge in [0.15, 0.2) is 0 Å². The first kappa shape index (κ1) is 20.4. The second kappa shape index (κ2) is 7.62. The van der Waals surface area contributed by atoms with Crippen LogP contribution in [0.1, 0.15) is 23.6 Å². The van der Waals surface area contributed by atoms with Crippen LogP contribution >= 0.6 is 0 Å². The van der Waals surface area contributed by atoms with Gasteiger partial charge in [0.25, 0.3) is 5.91 Å². The summed E-state index contributed by atoms with van der Waals surface area (Å²) in [5.41, 5.74) is -0.138. The number of nitrogens with zero attached hydrogens (tertiary/aromatic N) is 2. The largest absolute Gasteiger partial charge is 0.340 e. The monoisotopic (exact) mass is 401 g/mol. The van der Waals surface area contributed by atoms with Crippen LogP contribution in [0.3, 0.4) is 0 Å². The summed E-state index contributed by atoms with van der Waals surface area (Å²) in [4.78, 5) is 39.9. The normalized spacial score (nSPS) is 18.7. The third-order valence-corrected chi connectivity index (χ3v) is 5.13. The number of rotatable bonds is 5. The standard InChI is InChI=1S/C21H21F2N3O3/c1-13-6-4-5-7-14(13)11-25(3)18(27)12-26-19(28)21(2,24-20(26)29)16-10-15(22)8-9-17(16)23/h4-10H,11-12H2,1-3H3,(H,24,29)/t21-/m1/s1. The van der Waals surface area contributed by atoms with Crippen molar-refractivity contribution in [3.05, 3.63) is 70.8 Å². The molecule has 152 valence electrons. The molecule has 29 heavy (non-hydrogen) atoms. The molecule has 4 amide bonds. The fourth-order valence-electron chi connectivity index (χ4n) is 3.29. The molecule has 0 saturated carbocycles. The van der Waals surface area contributed by atoms with Gasteiger partial charge in [0, 0.05) is 19.2 Å². The highest BCUT2D eigenvalue weighted by Crippen LogP contribution is 2.31. The van der Waals surface area contributed by atoms with Crippen molar-refractivity contribution in [3.8, 4) is 0 Å². The quantitative estimate of drug-likeness (QED) is 0.784. The van der Waals surface area contributed by atoms with E-state index in [1.54, 1.807) is 7.05 Å². The number of imide groups is 1. The summed E-state index contributed by atoms with van der Waals surface area (Å²) in [7, 11) is 1.57. The lowest BCUT2D eigenvalue weighted by molar-refractivity contribution is -0.138.